The van der Waals surface area contributed by atoms with Crippen molar-refractivity contribution in [2.75, 3.05) is 18.4 Å². The minimum atomic E-state index is -1.79. The highest BCUT2D eigenvalue weighted by Gasteiger charge is 2.36. The number of ether oxygens (including phenoxy) is 2. The van der Waals surface area contributed by atoms with Crippen LogP contribution in [0, 0.1) is 11.8 Å². The van der Waals surface area contributed by atoms with E-state index in [0.717, 1.165) is 0 Å². The van der Waals surface area contributed by atoms with Crippen molar-refractivity contribution in [2.24, 2.45) is 0 Å². The molecule has 230 valence electrons. The van der Waals surface area contributed by atoms with Gasteiger partial charge in [-0.15, -0.1) is 0 Å². The molecule has 12 heteroatoms. The molecule has 0 aliphatic rings. The first-order valence-electron chi connectivity index (χ1n) is 13.4. The second-order valence-corrected chi connectivity index (χ2v) is 11.8. The summed E-state index contributed by atoms with van der Waals surface area (Å²) in [6, 6.07) is 13.0. The van der Waals surface area contributed by atoms with E-state index in [1.807, 2.05) is 0 Å². The van der Waals surface area contributed by atoms with Crippen molar-refractivity contribution in [3.63, 3.8) is 0 Å². The van der Waals surface area contributed by atoms with Crippen LogP contribution in [0.1, 0.15) is 70.0 Å². The Kier molecular flexibility index (Phi) is 11.3. The van der Waals surface area contributed by atoms with Gasteiger partial charge in [0.2, 0.25) is 5.91 Å². The van der Waals surface area contributed by atoms with Gasteiger partial charge in [-0.1, -0.05) is 11.8 Å². The van der Waals surface area contributed by atoms with Crippen LogP contribution >= 0.6 is 0 Å². The number of carboxylic acid groups (broad SMARTS) is 1. The zero-order valence-corrected chi connectivity index (χ0v) is 25.3. The molecule has 2 aromatic rings. The number of hydrogen-bond donors (Lipinski definition) is 5. The van der Waals surface area contributed by atoms with Crippen molar-refractivity contribution in [2.45, 2.75) is 65.2 Å². The van der Waals surface area contributed by atoms with Crippen LogP contribution in [0.3, 0.4) is 0 Å². The number of amides is 4. The standard InChI is InChI=1S/C31H38N4O8/c1-29(2,3)42-27(40)32-18-24(36)34-23-16-12-21(13-17-23)9-8-20-10-14-22(15-11-20)25(37)35-31(7,26(38)39)19-33-28(41)43-30(4,5)6/h10-17H,18-19H2,1-7H3,(H,32,40)(H,33,41)(H,34,36)(H,35,37)(H,38,39)/t31-/m0/s1. The number of alkyl carbamates (subject to hydrolysis) is 2. The molecule has 0 radical (unpaired) electrons. The Morgan fingerprint density at radius 1 is 0.721 bits per heavy atom. The summed E-state index contributed by atoms with van der Waals surface area (Å²) in [5.74, 6) is 3.56. The first kappa shape index (κ1) is 34.2. The molecule has 0 spiro atoms. The summed E-state index contributed by atoms with van der Waals surface area (Å²) in [4.78, 5) is 60.3. The van der Waals surface area contributed by atoms with Crippen molar-refractivity contribution in [1.29, 1.82) is 0 Å². The number of aliphatic carboxylic acids is 1. The van der Waals surface area contributed by atoms with E-state index in [-0.39, 0.29) is 12.1 Å². The highest BCUT2D eigenvalue weighted by atomic mass is 16.6. The van der Waals surface area contributed by atoms with Gasteiger partial charge < -0.3 is 35.8 Å². The summed E-state index contributed by atoms with van der Waals surface area (Å²) in [6.07, 6.45) is -1.49. The van der Waals surface area contributed by atoms with Crippen molar-refractivity contribution >= 4 is 35.7 Å². The van der Waals surface area contributed by atoms with Crippen molar-refractivity contribution < 1.29 is 38.6 Å². The lowest BCUT2D eigenvalue weighted by Gasteiger charge is -2.27. The van der Waals surface area contributed by atoms with E-state index in [0.29, 0.717) is 16.8 Å². The van der Waals surface area contributed by atoms with Gasteiger partial charge in [0.25, 0.3) is 5.91 Å². The molecule has 1 atom stereocenters. The predicted molar refractivity (Wildman–Crippen MR) is 159 cm³/mol. The van der Waals surface area contributed by atoms with E-state index >= 15 is 0 Å². The molecule has 0 bridgehead atoms. The average Bonchev–Trinajstić information content (AvgIpc) is 2.88. The van der Waals surface area contributed by atoms with Gasteiger partial charge in [-0.2, -0.15) is 0 Å². The van der Waals surface area contributed by atoms with Crippen LogP contribution in [0.2, 0.25) is 0 Å². The number of rotatable bonds is 8. The van der Waals surface area contributed by atoms with Crippen molar-refractivity contribution in [3.05, 3.63) is 65.2 Å². The number of benzene rings is 2. The van der Waals surface area contributed by atoms with Gasteiger partial charge in [0, 0.05) is 22.4 Å². The first-order chi connectivity index (χ1) is 19.8. The zero-order chi connectivity index (χ0) is 32.4. The minimum absolute atomic E-state index is 0.205. The topological polar surface area (TPSA) is 172 Å². The average molecular weight is 595 g/mol. The largest absolute Gasteiger partial charge is 0.479 e. The van der Waals surface area contributed by atoms with Gasteiger partial charge in [0.1, 0.15) is 17.7 Å². The van der Waals surface area contributed by atoms with Crippen LogP contribution < -0.4 is 21.3 Å². The molecular formula is C31H38N4O8. The maximum atomic E-state index is 12.8. The molecule has 12 nitrogen and oxygen atoms in total. The molecule has 0 aliphatic carbocycles. The smallest absolute Gasteiger partial charge is 0.408 e. The van der Waals surface area contributed by atoms with Crippen LogP contribution in [0.25, 0.3) is 0 Å². The molecule has 0 unspecified atom stereocenters. The lowest BCUT2D eigenvalue weighted by Crippen LogP contribution is -2.59. The fraction of sp³-hybridized carbons (Fsp3) is 0.387. The third-order valence-electron chi connectivity index (χ3n) is 5.31. The molecular weight excluding hydrogens is 556 g/mol. The van der Waals surface area contributed by atoms with E-state index in [1.54, 1.807) is 77.9 Å². The summed E-state index contributed by atoms with van der Waals surface area (Å²) in [6.45, 7) is 10.8. The number of anilines is 1. The molecule has 2 rings (SSSR count). The molecule has 0 heterocycles. The third kappa shape index (κ3) is 12.6. The number of hydrogen-bond acceptors (Lipinski definition) is 7. The minimum Gasteiger partial charge on any atom is -0.479 e. The maximum absolute atomic E-state index is 12.8. The lowest BCUT2D eigenvalue weighted by molar-refractivity contribution is -0.143. The summed E-state index contributed by atoms with van der Waals surface area (Å²) in [7, 11) is 0. The van der Waals surface area contributed by atoms with E-state index in [9.17, 15) is 29.1 Å². The van der Waals surface area contributed by atoms with E-state index in [4.69, 9.17) is 9.47 Å². The second-order valence-electron chi connectivity index (χ2n) is 11.8. The molecule has 2 aromatic carbocycles. The predicted octanol–water partition coefficient (Wildman–Crippen LogP) is 3.65. The Balaban J connectivity index is 1.94. The monoisotopic (exact) mass is 594 g/mol. The summed E-state index contributed by atoms with van der Waals surface area (Å²) < 4.78 is 10.2. The van der Waals surface area contributed by atoms with E-state index in [1.165, 1.54) is 19.1 Å². The first-order valence-corrected chi connectivity index (χ1v) is 13.4. The number of carbonyl (C=O) groups is 5. The van der Waals surface area contributed by atoms with Crippen molar-refractivity contribution in [3.8, 4) is 11.8 Å². The molecule has 0 saturated heterocycles. The highest BCUT2D eigenvalue weighted by molar-refractivity contribution is 5.98. The van der Waals surface area contributed by atoms with Gasteiger partial charge in [-0.3, -0.25) is 9.59 Å². The fourth-order valence-corrected chi connectivity index (χ4v) is 3.22. The molecule has 0 aliphatic heterocycles. The maximum Gasteiger partial charge on any atom is 0.408 e. The lowest BCUT2D eigenvalue weighted by atomic mass is 10.0. The third-order valence-corrected chi connectivity index (χ3v) is 5.31. The van der Waals surface area contributed by atoms with Crippen LogP contribution in [0.15, 0.2) is 48.5 Å². The molecule has 5 N–H and O–H groups in total. The zero-order valence-electron chi connectivity index (χ0n) is 25.3. The molecule has 4 amide bonds. The Hall–Kier alpha value is -5.05. The van der Waals surface area contributed by atoms with Gasteiger partial charge in [-0.25, -0.2) is 14.4 Å². The SMILES string of the molecule is CC(C)(C)OC(=O)NCC(=O)Nc1ccc(C#Cc2ccc(C(=O)N[C@@](C)(CNC(=O)OC(C)(C)C)C(=O)O)cc2)cc1. The van der Waals surface area contributed by atoms with Crippen LogP contribution in [-0.2, 0) is 19.1 Å². The Bertz CT molecular complexity index is 1390. The quantitative estimate of drug-likeness (QED) is 0.288. The molecule has 0 aromatic heterocycles. The van der Waals surface area contributed by atoms with E-state index in [2.05, 4.69) is 33.1 Å². The number of carbonyl (C=O) groups excluding carboxylic acids is 4. The highest BCUT2D eigenvalue weighted by Crippen LogP contribution is 2.12. The second kappa shape index (κ2) is 14.2. The normalized spacial score (nSPS) is 12.3. The number of nitrogens with one attached hydrogen (secondary N) is 4. The van der Waals surface area contributed by atoms with Crippen LogP contribution in [-0.4, -0.2) is 64.9 Å². The van der Waals surface area contributed by atoms with Gasteiger partial charge >= 0.3 is 18.2 Å². The fourth-order valence-electron chi connectivity index (χ4n) is 3.22. The van der Waals surface area contributed by atoms with Gasteiger partial charge in [-0.05, 0) is 97.0 Å². The van der Waals surface area contributed by atoms with Crippen LogP contribution in [0.5, 0.6) is 0 Å². The Labute approximate surface area is 250 Å². The molecule has 0 fully saturated rings. The summed E-state index contributed by atoms with van der Waals surface area (Å²) in [5, 5.41) is 19.5. The summed E-state index contributed by atoms with van der Waals surface area (Å²) >= 11 is 0. The number of carboxylic acids is 1. The summed E-state index contributed by atoms with van der Waals surface area (Å²) in [5.41, 5.74) is -1.21. The molecule has 0 saturated carbocycles. The van der Waals surface area contributed by atoms with E-state index < -0.39 is 53.3 Å². The van der Waals surface area contributed by atoms with Gasteiger partial charge in [0.05, 0.1) is 6.54 Å². The Morgan fingerprint density at radius 2 is 1.19 bits per heavy atom. The van der Waals surface area contributed by atoms with Crippen molar-refractivity contribution in [1.82, 2.24) is 16.0 Å². The van der Waals surface area contributed by atoms with Gasteiger partial charge in [0.15, 0.2) is 5.54 Å². The Morgan fingerprint density at radius 3 is 1.65 bits per heavy atom. The molecule has 43 heavy (non-hydrogen) atoms. The van der Waals surface area contributed by atoms with Crippen LogP contribution in [0.4, 0.5) is 15.3 Å².